The Labute approximate surface area is 48.9 Å². The van der Waals surface area contributed by atoms with Gasteiger partial charge in [-0.3, -0.25) is 0 Å². The number of rotatable bonds is 4. The lowest BCUT2D eigenvalue weighted by molar-refractivity contribution is 0.00733. The van der Waals surface area contributed by atoms with Crippen LogP contribution >= 0.6 is 0 Å². The minimum atomic E-state index is -0.441. The quantitative estimate of drug-likeness (QED) is 0.547. The maximum absolute atomic E-state index is 9.72. The molecule has 0 rings (SSSR count). The largest absolute Gasteiger partial charge is 0.394 e. The number of hydrogen-bond donors (Lipinski definition) is 1. The maximum atomic E-state index is 9.72. The van der Waals surface area contributed by atoms with Gasteiger partial charge in [0.15, 0.2) is 0 Å². The smallest absolute Gasteiger partial charge is 0.106 e. The van der Waals surface area contributed by atoms with Crippen molar-refractivity contribution in [3.63, 3.8) is 0 Å². The Bertz CT molecular complexity index is 46.9. The van der Waals surface area contributed by atoms with Crippen LogP contribution in [0.3, 0.4) is 0 Å². The van der Waals surface area contributed by atoms with Crippen LogP contribution in [0.5, 0.6) is 0 Å². The van der Waals surface area contributed by atoms with Crippen molar-refractivity contribution in [2.45, 2.75) is 6.10 Å². The zero-order valence-electron chi connectivity index (χ0n) is 4.67. The first-order chi connectivity index (χ1) is 3.81. The molecule has 1 unspecified atom stereocenters. The number of aliphatic hydroxyl groups excluding tert-OH is 1. The van der Waals surface area contributed by atoms with Crippen LogP contribution in [-0.2, 0) is 9.84 Å². The predicted molar refractivity (Wildman–Crippen MR) is 27.7 cm³/mol. The van der Waals surface area contributed by atoms with Crippen molar-refractivity contribution in [2.75, 3.05) is 19.8 Å². The molecule has 0 aliphatic rings. The average molecular weight is 118 g/mol. The first kappa shape index (κ1) is 7.88. The van der Waals surface area contributed by atoms with Crippen LogP contribution < -0.4 is 0 Å². The Kier molecular flexibility index (Phi) is 4.95. The molecular weight excluding hydrogens is 108 g/mol. The van der Waals surface area contributed by atoms with Gasteiger partial charge in [-0.1, -0.05) is 0 Å². The molecule has 2 radical (unpaired) electrons. The molecule has 0 spiro atoms. The molecule has 0 heterocycles. The molecule has 8 heavy (non-hydrogen) atoms. The van der Waals surface area contributed by atoms with E-state index in [0.29, 0.717) is 0 Å². The summed E-state index contributed by atoms with van der Waals surface area (Å²) in [5.41, 5.74) is 0. The Morgan fingerprint density at radius 3 is 2.75 bits per heavy atom. The Morgan fingerprint density at radius 1 is 1.75 bits per heavy atom. The highest BCUT2D eigenvalue weighted by Crippen LogP contribution is 1.84. The molecular formula is C5H10O3. The minimum absolute atomic E-state index is 0.125. The maximum Gasteiger partial charge on any atom is 0.106 e. The molecule has 0 saturated carbocycles. The van der Waals surface area contributed by atoms with Gasteiger partial charge < -0.3 is 9.84 Å². The topological polar surface area (TPSA) is 49.4 Å². The van der Waals surface area contributed by atoms with E-state index in [1.807, 2.05) is 0 Å². The Balaban J connectivity index is 2.86. The summed E-state index contributed by atoms with van der Waals surface area (Å²) in [6, 6.07) is 0. The molecule has 0 fully saturated rings. The zero-order valence-corrected chi connectivity index (χ0v) is 4.67. The normalized spacial score (nSPS) is 13.9. The van der Waals surface area contributed by atoms with E-state index in [0.717, 1.165) is 0 Å². The summed E-state index contributed by atoms with van der Waals surface area (Å²) in [6.07, 6.45) is -0.441. The van der Waals surface area contributed by atoms with Gasteiger partial charge in [-0.15, -0.1) is 0 Å². The molecule has 1 atom stereocenters. The van der Waals surface area contributed by atoms with Crippen molar-refractivity contribution >= 4 is 0 Å². The standard InChI is InChI=1S/C5H10O3/c1-5(4-7)8-3-2-6/h5,7H,1-4H2. The van der Waals surface area contributed by atoms with E-state index < -0.39 is 6.10 Å². The summed E-state index contributed by atoms with van der Waals surface area (Å²) in [5.74, 6) is 0. The molecule has 0 aromatic rings. The second-order valence-corrected chi connectivity index (χ2v) is 1.38. The lowest BCUT2D eigenvalue weighted by atomic mass is 10.4. The first-order valence-electron chi connectivity index (χ1n) is 2.45. The summed E-state index contributed by atoms with van der Waals surface area (Å²) < 4.78 is 4.67. The highest BCUT2D eigenvalue weighted by Gasteiger charge is 1.96. The van der Waals surface area contributed by atoms with E-state index >= 15 is 0 Å². The van der Waals surface area contributed by atoms with Crippen molar-refractivity contribution in [3.05, 3.63) is 6.92 Å². The van der Waals surface area contributed by atoms with E-state index in [2.05, 4.69) is 11.7 Å². The van der Waals surface area contributed by atoms with Crippen LogP contribution in [0.2, 0.25) is 0 Å². The molecule has 0 amide bonds. The van der Waals surface area contributed by atoms with Gasteiger partial charge in [0.2, 0.25) is 0 Å². The van der Waals surface area contributed by atoms with Crippen LogP contribution in [0.1, 0.15) is 0 Å². The average Bonchev–Trinajstić information content (AvgIpc) is 1.83. The third-order valence-electron chi connectivity index (χ3n) is 0.641. The highest BCUT2D eigenvalue weighted by molar-refractivity contribution is 4.55. The van der Waals surface area contributed by atoms with Crippen LogP contribution in [0.25, 0.3) is 0 Å². The van der Waals surface area contributed by atoms with Crippen molar-refractivity contribution < 1.29 is 14.9 Å². The molecule has 0 saturated heterocycles. The molecule has 48 valence electrons. The van der Waals surface area contributed by atoms with Crippen molar-refractivity contribution in [1.82, 2.24) is 0 Å². The molecule has 0 bridgehead atoms. The van der Waals surface area contributed by atoms with Crippen molar-refractivity contribution in [1.29, 1.82) is 0 Å². The van der Waals surface area contributed by atoms with Crippen LogP contribution in [0.4, 0.5) is 0 Å². The number of ether oxygens (including phenoxy) is 1. The molecule has 3 nitrogen and oxygen atoms in total. The Morgan fingerprint density at radius 2 is 2.38 bits per heavy atom. The number of hydrogen-bond acceptors (Lipinski definition) is 2. The monoisotopic (exact) mass is 118 g/mol. The summed E-state index contributed by atoms with van der Waals surface area (Å²) in [4.78, 5) is 0. The van der Waals surface area contributed by atoms with E-state index in [1.165, 1.54) is 0 Å². The summed E-state index contributed by atoms with van der Waals surface area (Å²) >= 11 is 0. The molecule has 0 aromatic heterocycles. The molecule has 3 heteroatoms. The second-order valence-electron chi connectivity index (χ2n) is 1.38. The van der Waals surface area contributed by atoms with Crippen molar-refractivity contribution in [3.8, 4) is 0 Å². The Hall–Kier alpha value is -0.120. The number of aliphatic hydroxyl groups is 1. The fraction of sp³-hybridized carbons (Fsp3) is 0.800. The fourth-order valence-corrected chi connectivity index (χ4v) is 0.267. The summed E-state index contributed by atoms with van der Waals surface area (Å²) in [5, 5.41) is 18.0. The van der Waals surface area contributed by atoms with Crippen LogP contribution in [-0.4, -0.2) is 31.0 Å². The van der Waals surface area contributed by atoms with Crippen molar-refractivity contribution in [2.24, 2.45) is 0 Å². The van der Waals surface area contributed by atoms with Gasteiger partial charge in [0, 0.05) is 0 Å². The summed E-state index contributed by atoms with van der Waals surface area (Å²) in [7, 11) is 0. The SMILES string of the molecule is [CH2]C(CO)OCC[O]. The van der Waals surface area contributed by atoms with Gasteiger partial charge >= 0.3 is 0 Å². The lowest BCUT2D eigenvalue weighted by Gasteiger charge is -2.05. The highest BCUT2D eigenvalue weighted by atomic mass is 16.5. The van der Waals surface area contributed by atoms with E-state index in [4.69, 9.17) is 5.11 Å². The zero-order chi connectivity index (χ0) is 6.41. The van der Waals surface area contributed by atoms with Gasteiger partial charge in [0.25, 0.3) is 0 Å². The second kappa shape index (κ2) is 5.03. The van der Waals surface area contributed by atoms with E-state index in [9.17, 15) is 5.11 Å². The van der Waals surface area contributed by atoms with Gasteiger partial charge in [0.1, 0.15) is 6.61 Å². The third kappa shape index (κ3) is 4.05. The molecule has 1 N–H and O–H groups in total. The van der Waals surface area contributed by atoms with Crippen LogP contribution in [0, 0.1) is 6.92 Å². The van der Waals surface area contributed by atoms with Gasteiger partial charge in [-0.2, -0.15) is 0 Å². The summed E-state index contributed by atoms with van der Waals surface area (Å²) in [6.45, 7) is 3.12. The minimum Gasteiger partial charge on any atom is -0.394 e. The van der Waals surface area contributed by atoms with Gasteiger partial charge in [0.05, 0.1) is 19.3 Å². The predicted octanol–water partition coefficient (Wildman–Crippen LogP) is -0.372. The lowest BCUT2D eigenvalue weighted by Crippen LogP contribution is -2.15. The molecule has 0 aliphatic heterocycles. The molecule has 0 aromatic carbocycles. The first-order valence-corrected chi connectivity index (χ1v) is 2.45. The van der Waals surface area contributed by atoms with Crippen LogP contribution in [0.15, 0.2) is 0 Å². The fourth-order valence-electron chi connectivity index (χ4n) is 0.267. The molecule has 0 aliphatic carbocycles. The van der Waals surface area contributed by atoms with E-state index in [-0.39, 0.29) is 19.8 Å². The van der Waals surface area contributed by atoms with Gasteiger partial charge in [-0.05, 0) is 6.92 Å². The van der Waals surface area contributed by atoms with Gasteiger partial charge in [-0.25, -0.2) is 5.11 Å². The van der Waals surface area contributed by atoms with E-state index in [1.54, 1.807) is 0 Å². The third-order valence-corrected chi connectivity index (χ3v) is 0.641.